The Labute approximate surface area is 170 Å². The van der Waals surface area contributed by atoms with Crippen LogP contribution < -0.4 is 5.56 Å². The Morgan fingerprint density at radius 2 is 1.83 bits per heavy atom. The summed E-state index contributed by atoms with van der Waals surface area (Å²) in [4.78, 5) is 15.7. The van der Waals surface area contributed by atoms with Crippen LogP contribution >= 0.6 is 11.6 Å². The molecule has 0 spiro atoms. The third-order valence-corrected chi connectivity index (χ3v) is 5.46. The van der Waals surface area contributed by atoms with Crippen LogP contribution in [0.15, 0.2) is 71.9 Å². The first kappa shape index (κ1) is 17.7. The lowest BCUT2D eigenvalue weighted by molar-refractivity contribution is 0.283. The first-order chi connectivity index (χ1) is 14.2. The maximum atomic E-state index is 12.9. The molecular formula is C23H16ClN3O2. The summed E-state index contributed by atoms with van der Waals surface area (Å²) in [5.41, 5.74) is 4.21. The van der Waals surface area contributed by atoms with Crippen molar-refractivity contribution in [3.8, 4) is 22.3 Å². The normalized spacial score (nSPS) is 11.4. The van der Waals surface area contributed by atoms with Gasteiger partial charge in [-0.25, -0.2) is 0 Å². The van der Waals surface area contributed by atoms with Crippen LogP contribution in [0, 0.1) is 0 Å². The number of benzene rings is 3. The number of fused-ring (bicyclic) bond motifs is 3. The number of aromatic nitrogens is 3. The maximum Gasteiger partial charge on any atom is 0.256 e. The molecule has 0 radical (unpaired) electrons. The summed E-state index contributed by atoms with van der Waals surface area (Å²) in [6, 6.07) is 15.3. The number of nitrogens with one attached hydrogen (secondary N) is 2. The lowest BCUT2D eigenvalue weighted by Gasteiger charge is -2.13. The van der Waals surface area contributed by atoms with E-state index in [1.165, 1.54) is 0 Å². The van der Waals surface area contributed by atoms with Crippen molar-refractivity contribution in [1.29, 1.82) is 0 Å². The van der Waals surface area contributed by atoms with Gasteiger partial charge in [-0.3, -0.25) is 9.89 Å². The third-order valence-electron chi connectivity index (χ3n) is 5.23. The van der Waals surface area contributed by atoms with Crippen LogP contribution in [0.2, 0.25) is 5.02 Å². The Morgan fingerprint density at radius 1 is 0.931 bits per heavy atom. The molecule has 0 aliphatic rings. The average Bonchev–Trinajstić information content (AvgIpc) is 3.27. The number of aliphatic hydroxyl groups is 1. The first-order valence-electron chi connectivity index (χ1n) is 9.12. The van der Waals surface area contributed by atoms with Gasteiger partial charge in [0.05, 0.1) is 18.2 Å². The molecule has 0 atom stereocenters. The second kappa shape index (κ2) is 6.88. The number of hydrogen-bond donors (Lipinski definition) is 3. The zero-order valence-electron chi connectivity index (χ0n) is 15.2. The topological polar surface area (TPSA) is 81.8 Å². The van der Waals surface area contributed by atoms with Crippen molar-refractivity contribution >= 4 is 33.1 Å². The van der Waals surface area contributed by atoms with E-state index in [0.29, 0.717) is 10.4 Å². The number of pyridine rings is 1. The van der Waals surface area contributed by atoms with Crippen molar-refractivity contribution in [2.24, 2.45) is 0 Å². The predicted molar refractivity (Wildman–Crippen MR) is 116 cm³/mol. The summed E-state index contributed by atoms with van der Waals surface area (Å²) in [7, 11) is 0. The highest BCUT2D eigenvalue weighted by atomic mass is 35.5. The zero-order chi connectivity index (χ0) is 20.0. The lowest BCUT2D eigenvalue weighted by atomic mass is 9.92. The smallest absolute Gasteiger partial charge is 0.256 e. The Hall–Kier alpha value is -3.41. The molecule has 142 valence electrons. The number of rotatable bonds is 3. The van der Waals surface area contributed by atoms with Crippen LogP contribution in [0.3, 0.4) is 0 Å². The molecule has 3 aromatic carbocycles. The molecule has 0 fully saturated rings. The van der Waals surface area contributed by atoms with Crippen LogP contribution in [0.5, 0.6) is 0 Å². The number of halogens is 1. The molecule has 3 N–H and O–H groups in total. The predicted octanol–water partition coefficient (Wildman–Crippen LogP) is 4.88. The van der Waals surface area contributed by atoms with Crippen molar-refractivity contribution in [2.45, 2.75) is 6.61 Å². The summed E-state index contributed by atoms with van der Waals surface area (Å²) in [5, 5.41) is 20.4. The standard InChI is InChI=1S/C23H16ClN3O2/c24-17-3-1-2-14(6-17)21-11-25-23(29)22-19-7-13(16-9-26-27-10-16)4-5-18(19)15(12-28)8-20(21)22/h1-11,28H,12H2,(H,25,29)(H,26,27). The largest absolute Gasteiger partial charge is 0.392 e. The minimum Gasteiger partial charge on any atom is -0.392 e. The molecule has 6 heteroatoms. The fraction of sp³-hybridized carbons (Fsp3) is 0.0435. The van der Waals surface area contributed by atoms with E-state index in [-0.39, 0.29) is 12.2 Å². The molecule has 2 heterocycles. The quantitative estimate of drug-likeness (QED) is 0.377. The van der Waals surface area contributed by atoms with E-state index in [2.05, 4.69) is 15.2 Å². The van der Waals surface area contributed by atoms with Crippen molar-refractivity contribution in [3.63, 3.8) is 0 Å². The Balaban J connectivity index is 1.92. The number of aliphatic hydroxyl groups excluding tert-OH is 1. The van der Waals surface area contributed by atoms with Gasteiger partial charge in [-0.1, -0.05) is 35.9 Å². The van der Waals surface area contributed by atoms with Crippen LogP contribution in [-0.2, 0) is 6.61 Å². The van der Waals surface area contributed by atoms with E-state index < -0.39 is 0 Å². The number of aromatic amines is 2. The van der Waals surface area contributed by atoms with Crippen molar-refractivity contribution < 1.29 is 5.11 Å². The second-order valence-corrected chi connectivity index (χ2v) is 7.34. The number of H-pyrrole nitrogens is 2. The molecule has 0 saturated carbocycles. The van der Waals surface area contributed by atoms with E-state index >= 15 is 0 Å². The highest BCUT2D eigenvalue weighted by Gasteiger charge is 2.15. The van der Waals surface area contributed by atoms with Gasteiger partial charge >= 0.3 is 0 Å². The molecule has 5 aromatic rings. The molecule has 0 amide bonds. The van der Waals surface area contributed by atoms with Gasteiger partial charge in [-0.2, -0.15) is 5.10 Å². The molecule has 0 aliphatic heterocycles. The van der Waals surface area contributed by atoms with E-state index in [9.17, 15) is 9.90 Å². The summed E-state index contributed by atoms with van der Waals surface area (Å²) in [6.07, 6.45) is 5.24. The van der Waals surface area contributed by atoms with Crippen molar-refractivity contribution in [3.05, 3.63) is 88.1 Å². The summed E-state index contributed by atoms with van der Waals surface area (Å²) < 4.78 is 0. The van der Waals surface area contributed by atoms with Gasteiger partial charge in [0.2, 0.25) is 0 Å². The Kier molecular flexibility index (Phi) is 4.19. The monoisotopic (exact) mass is 401 g/mol. The van der Waals surface area contributed by atoms with E-state index in [4.69, 9.17) is 11.6 Å². The highest BCUT2D eigenvalue weighted by Crippen LogP contribution is 2.35. The van der Waals surface area contributed by atoms with Crippen LogP contribution in [0.1, 0.15) is 5.56 Å². The van der Waals surface area contributed by atoms with Gasteiger partial charge in [0.25, 0.3) is 5.56 Å². The van der Waals surface area contributed by atoms with Gasteiger partial charge in [-0.05, 0) is 57.1 Å². The molecule has 0 aliphatic carbocycles. The summed E-state index contributed by atoms with van der Waals surface area (Å²) >= 11 is 6.19. The number of hydrogen-bond acceptors (Lipinski definition) is 3. The maximum absolute atomic E-state index is 12.9. The van der Waals surface area contributed by atoms with Crippen LogP contribution in [-0.4, -0.2) is 20.3 Å². The summed E-state index contributed by atoms with van der Waals surface area (Å²) in [6.45, 7) is -0.126. The van der Waals surface area contributed by atoms with Gasteiger partial charge in [0.1, 0.15) is 0 Å². The van der Waals surface area contributed by atoms with Crippen LogP contribution in [0.25, 0.3) is 43.8 Å². The zero-order valence-corrected chi connectivity index (χ0v) is 16.0. The molecule has 0 bridgehead atoms. The van der Waals surface area contributed by atoms with Gasteiger partial charge in [-0.15, -0.1) is 0 Å². The number of nitrogens with zero attached hydrogens (tertiary/aromatic N) is 1. The second-order valence-electron chi connectivity index (χ2n) is 6.91. The first-order valence-corrected chi connectivity index (χ1v) is 9.50. The lowest BCUT2D eigenvalue weighted by Crippen LogP contribution is -2.07. The van der Waals surface area contributed by atoms with Gasteiger partial charge in [0.15, 0.2) is 0 Å². The Bertz CT molecular complexity index is 1420. The molecule has 0 unspecified atom stereocenters. The fourth-order valence-electron chi connectivity index (χ4n) is 3.86. The fourth-order valence-corrected chi connectivity index (χ4v) is 4.05. The minimum absolute atomic E-state index is 0.126. The van der Waals surface area contributed by atoms with Crippen molar-refractivity contribution in [1.82, 2.24) is 15.2 Å². The van der Waals surface area contributed by atoms with E-state index in [1.807, 2.05) is 48.5 Å². The molecular weight excluding hydrogens is 386 g/mol. The van der Waals surface area contributed by atoms with E-state index in [1.54, 1.807) is 18.6 Å². The van der Waals surface area contributed by atoms with Gasteiger partial charge in [0, 0.05) is 28.5 Å². The van der Waals surface area contributed by atoms with Crippen molar-refractivity contribution in [2.75, 3.05) is 0 Å². The highest BCUT2D eigenvalue weighted by molar-refractivity contribution is 6.31. The van der Waals surface area contributed by atoms with E-state index in [0.717, 1.165) is 44.0 Å². The molecule has 5 nitrogen and oxygen atoms in total. The SMILES string of the molecule is O=c1[nH]cc(-c2cccc(Cl)c2)c2cc(CO)c3ccc(-c4cn[nH]c4)cc3c12. The third kappa shape index (κ3) is 2.92. The molecule has 5 rings (SSSR count). The molecule has 2 aromatic heterocycles. The molecule has 0 saturated heterocycles. The van der Waals surface area contributed by atoms with Gasteiger partial charge < -0.3 is 10.1 Å². The Morgan fingerprint density at radius 3 is 2.59 bits per heavy atom. The van der Waals surface area contributed by atoms with Crippen LogP contribution in [0.4, 0.5) is 0 Å². The summed E-state index contributed by atoms with van der Waals surface area (Å²) in [5.74, 6) is 0. The average molecular weight is 402 g/mol. The molecule has 29 heavy (non-hydrogen) atoms. The minimum atomic E-state index is -0.176.